The molecule has 4 heterocycles. The Morgan fingerprint density at radius 2 is 1.78 bits per heavy atom. The van der Waals surface area contributed by atoms with Gasteiger partial charge in [0.2, 0.25) is 0 Å². The highest BCUT2D eigenvalue weighted by Crippen LogP contribution is 2.41. The summed E-state index contributed by atoms with van der Waals surface area (Å²) < 4.78 is 7.67. The van der Waals surface area contributed by atoms with E-state index in [4.69, 9.17) is 19.8 Å². The van der Waals surface area contributed by atoms with E-state index in [-0.39, 0.29) is 18.1 Å². The molecule has 3 fully saturated rings. The van der Waals surface area contributed by atoms with Gasteiger partial charge in [-0.2, -0.15) is 5.10 Å². The number of aliphatic hydroxyl groups is 1. The van der Waals surface area contributed by atoms with E-state index in [1.54, 1.807) is 0 Å². The number of rotatable bonds is 3. The van der Waals surface area contributed by atoms with Crippen LogP contribution in [0.4, 0.5) is 10.6 Å². The number of carbonyl (C=O) groups is 1. The Morgan fingerprint density at radius 1 is 1.07 bits per heavy atom. The number of fused-ring (bicyclic) bond motifs is 3. The van der Waals surface area contributed by atoms with Gasteiger partial charge in [0, 0.05) is 30.6 Å². The third kappa shape index (κ3) is 5.41. The SMILES string of the molecule is Cc1nc(N2CC3CC2C(C)CN3C(=O)OC(C)(C)C)cc(-n2ncc3cc(C)c(C4CCC(C)(O)CC4)cc32)n1. The van der Waals surface area contributed by atoms with Gasteiger partial charge in [0.25, 0.3) is 0 Å². The van der Waals surface area contributed by atoms with Gasteiger partial charge in [0.1, 0.15) is 17.2 Å². The zero-order valence-corrected chi connectivity index (χ0v) is 25.5. The van der Waals surface area contributed by atoms with E-state index in [1.807, 2.05) is 56.5 Å². The number of hydrogen-bond donors (Lipinski definition) is 1. The third-order valence-electron chi connectivity index (χ3n) is 9.31. The van der Waals surface area contributed by atoms with Gasteiger partial charge < -0.3 is 19.6 Å². The molecule has 41 heavy (non-hydrogen) atoms. The highest BCUT2D eigenvalue weighted by molar-refractivity contribution is 5.82. The first-order valence-corrected chi connectivity index (χ1v) is 15.1. The van der Waals surface area contributed by atoms with Crippen molar-refractivity contribution < 1.29 is 14.6 Å². The topological polar surface area (TPSA) is 96.6 Å². The van der Waals surface area contributed by atoms with Crippen molar-refractivity contribution in [1.82, 2.24) is 24.6 Å². The van der Waals surface area contributed by atoms with Crippen LogP contribution < -0.4 is 4.90 Å². The molecule has 2 saturated heterocycles. The van der Waals surface area contributed by atoms with Crippen LogP contribution in [0.3, 0.4) is 0 Å². The number of carbonyl (C=O) groups excluding carboxylic acids is 1. The molecule has 0 spiro atoms. The lowest BCUT2D eigenvalue weighted by Crippen LogP contribution is -2.49. The molecule has 1 saturated carbocycles. The molecule has 3 unspecified atom stereocenters. The van der Waals surface area contributed by atoms with Crippen LogP contribution in [0.2, 0.25) is 0 Å². The number of hydrogen-bond acceptors (Lipinski definition) is 7. The van der Waals surface area contributed by atoms with E-state index < -0.39 is 11.2 Å². The van der Waals surface area contributed by atoms with Crippen molar-refractivity contribution in [2.45, 2.75) is 110 Å². The number of benzene rings is 1. The molecule has 3 atom stereocenters. The summed E-state index contributed by atoms with van der Waals surface area (Å²) in [7, 11) is 0. The number of nitrogens with zero attached hydrogens (tertiary/aromatic N) is 6. The first-order valence-electron chi connectivity index (χ1n) is 15.1. The number of aromatic nitrogens is 4. The molecule has 0 radical (unpaired) electrons. The Hall–Kier alpha value is -3.20. The largest absolute Gasteiger partial charge is 0.444 e. The van der Waals surface area contributed by atoms with E-state index >= 15 is 0 Å². The maximum atomic E-state index is 13.0. The first-order chi connectivity index (χ1) is 19.3. The molecule has 9 nitrogen and oxygen atoms in total. The molecule has 2 aromatic heterocycles. The lowest BCUT2D eigenvalue weighted by atomic mass is 9.76. The fraction of sp³-hybridized carbons (Fsp3) is 0.625. The van der Waals surface area contributed by atoms with Gasteiger partial charge in [-0.25, -0.2) is 19.4 Å². The highest BCUT2D eigenvalue weighted by Gasteiger charge is 2.46. The second-order valence-electron chi connectivity index (χ2n) is 13.9. The highest BCUT2D eigenvalue weighted by atomic mass is 16.6. The van der Waals surface area contributed by atoms with Crippen LogP contribution in [0, 0.1) is 19.8 Å². The zero-order chi connectivity index (χ0) is 29.3. The fourth-order valence-corrected chi connectivity index (χ4v) is 7.17. The Labute approximate surface area is 242 Å². The average molecular weight is 561 g/mol. The van der Waals surface area contributed by atoms with Crippen molar-refractivity contribution in [3.63, 3.8) is 0 Å². The maximum absolute atomic E-state index is 13.0. The van der Waals surface area contributed by atoms with Crippen molar-refractivity contribution in [3.8, 4) is 5.82 Å². The quantitative estimate of drug-likeness (QED) is 0.441. The number of piperidine rings is 1. The molecule has 3 aliphatic rings. The van der Waals surface area contributed by atoms with Gasteiger partial charge in [-0.05, 0) is 109 Å². The Kier molecular flexibility index (Phi) is 6.79. The van der Waals surface area contributed by atoms with Crippen molar-refractivity contribution in [3.05, 3.63) is 41.3 Å². The lowest BCUT2D eigenvalue weighted by molar-refractivity contribution is 0.00936. The number of anilines is 1. The van der Waals surface area contributed by atoms with E-state index in [0.29, 0.717) is 24.3 Å². The second-order valence-corrected chi connectivity index (χ2v) is 13.9. The molecular weight excluding hydrogens is 516 g/mol. The zero-order valence-electron chi connectivity index (χ0n) is 25.5. The van der Waals surface area contributed by atoms with Crippen LogP contribution in [-0.2, 0) is 4.74 Å². The van der Waals surface area contributed by atoms with Crippen LogP contribution in [0.25, 0.3) is 16.7 Å². The van der Waals surface area contributed by atoms with Gasteiger partial charge in [-0.3, -0.25) is 0 Å². The molecule has 1 amide bonds. The molecule has 2 bridgehead atoms. The molecule has 2 aliphatic heterocycles. The molecule has 9 heteroatoms. The molecule has 3 aromatic rings. The van der Waals surface area contributed by atoms with Gasteiger partial charge in [0.15, 0.2) is 5.82 Å². The van der Waals surface area contributed by atoms with Crippen LogP contribution >= 0.6 is 0 Å². The van der Waals surface area contributed by atoms with Gasteiger partial charge in [-0.15, -0.1) is 0 Å². The summed E-state index contributed by atoms with van der Waals surface area (Å²) in [5.41, 5.74) is 2.58. The van der Waals surface area contributed by atoms with Crippen LogP contribution in [0.5, 0.6) is 0 Å². The summed E-state index contributed by atoms with van der Waals surface area (Å²) in [5, 5.41) is 16.3. The lowest BCUT2D eigenvalue weighted by Gasteiger charge is -2.37. The Bertz CT molecular complexity index is 1460. The summed E-state index contributed by atoms with van der Waals surface area (Å²) in [6.45, 7) is 15.4. The second kappa shape index (κ2) is 9.96. The molecule has 1 aliphatic carbocycles. The minimum atomic E-state index is -0.555. The van der Waals surface area contributed by atoms with Crippen molar-refractivity contribution >= 4 is 22.8 Å². The number of likely N-dealkylation sites (tertiary alicyclic amines) is 1. The molecule has 220 valence electrons. The predicted octanol–water partition coefficient (Wildman–Crippen LogP) is 5.68. The molecule has 6 rings (SSSR count). The fourth-order valence-electron chi connectivity index (χ4n) is 7.17. The Balaban J connectivity index is 1.30. The maximum Gasteiger partial charge on any atom is 0.410 e. The van der Waals surface area contributed by atoms with E-state index in [1.165, 1.54) is 11.1 Å². The molecule has 1 N–H and O–H groups in total. The Morgan fingerprint density at radius 3 is 2.49 bits per heavy atom. The van der Waals surface area contributed by atoms with Crippen LogP contribution in [0.1, 0.15) is 89.6 Å². The summed E-state index contributed by atoms with van der Waals surface area (Å²) in [4.78, 5) is 27.0. The summed E-state index contributed by atoms with van der Waals surface area (Å²) in [6, 6.07) is 6.95. The minimum absolute atomic E-state index is 0.0945. The van der Waals surface area contributed by atoms with E-state index in [0.717, 1.165) is 61.2 Å². The average Bonchev–Trinajstić information content (AvgIpc) is 3.47. The summed E-state index contributed by atoms with van der Waals surface area (Å²) in [6.07, 6.45) is 6.21. The van der Waals surface area contributed by atoms with Gasteiger partial charge in [-0.1, -0.05) is 6.92 Å². The van der Waals surface area contributed by atoms with E-state index in [2.05, 4.69) is 30.9 Å². The van der Waals surface area contributed by atoms with Crippen molar-refractivity contribution in [2.24, 2.45) is 5.92 Å². The smallest absolute Gasteiger partial charge is 0.410 e. The summed E-state index contributed by atoms with van der Waals surface area (Å²) in [5.74, 6) is 3.04. The van der Waals surface area contributed by atoms with Gasteiger partial charge >= 0.3 is 6.09 Å². The number of amides is 1. The molecular formula is C32H44N6O3. The standard InChI is InChI=1S/C32H44N6O3/c1-19-12-23-16-33-38(27(23)14-25(19)22-8-10-32(7,40)11-9-22)29-15-28(34-21(3)35-29)37-18-24-13-26(37)20(2)17-36(24)30(39)41-31(4,5)6/h12,14-16,20,22,24,26,40H,8-11,13,17-18H2,1-7H3. The van der Waals surface area contributed by atoms with Crippen molar-refractivity contribution in [2.75, 3.05) is 18.0 Å². The normalized spacial score (nSPS) is 28.4. The van der Waals surface area contributed by atoms with Gasteiger partial charge in [0.05, 0.1) is 23.4 Å². The number of ether oxygens (including phenoxy) is 1. The van der Waals surface area contributed by atoms with E-state index in [9.17, 15) is 9.90 Å². The monoisotopic (exact) mass is 560 g/mol. The number of aryl methyl sites for hydroxylation is 2. The third-order valence-corrected chi connectivity index (χ3v) is 9.31. The predicted molar refractivity (Wildman–Crippen MR) is 160 cm³/mol. The molecule has 1 aromatic carbocycles. The first kappa shape index (κ1) is 27.9. The van der Waals surface area contributed by atoms with Crippen LogP contribution in [-0.4, -0.2) is 72.2 Å². The van der Waals surface area contributed by atoms with Crippen LogP contribution in [0.15, 0.2) is 24.4 Å². The summed E-state index contributed by atoms with van der Waals surface area (Å²) >= 11 is 0. The minimum Gasteiger partial charge on any atom is -0.444 e. The van der Waals surface area contributed by atoms with Crippen molar-refractivity contribution in [1.29, 1.82) is 0 Å².